The normalized spacial score (nSPS) is 22.5. The molecule has 0 aromatic heterocycles. The molecule has 1 aliphatic heterocycles. The maximum absolute atomic E-state index is 8.31. The highest BCUT2D eigenvalue weighted by Gasteiger charge is 2.47. The number of nitrogens with one attached hydrogen (secondary N) is 1. The second kappa shape index (κ2) is 2.84. The summed E-state index contributed by atoms with van der Waals surface area (Å²) >= 11 is 0. The standard InChI is InChI=1S/C13H16N2/c1-15-11-7-3-2-6-10(11)13(12(15)14)8-4-5-9-13/h2-3,6-7,14H,4-5,8-9H2,1H3. The second-order valence-corrected chi connectivity index (χ2v) is 4.71. The van der Waals surface area contributed by atoms with Gasteiger partial charge in [-0.1, -0.05) is 31.0 Å². The minimum Gasteiger partial charge on any atom is -0.332 e. The molecule has 15 heavy (non-hydrogen) atoms. The van der Waals surface area contributed by atoms with Crippen molar-refractivity contribution < 1.29 is 0 Å². The van der Waals surface area contributed by atoms with E-state index in [1.165, 1.54) is 24.1 Å². The summed E-state index contributed by atoms with van der Waals surface area (Å²) in [5.41, 5.74) is 2.69. The number of para-hydroxylation sites is 1. The molecule has 0 radical (unpaired) electrons. The van der Waals surface area contributed by atoms with Gasteiger partial charge in [-0.25, -0.2) is 0 Å². The maximum Gasteiger partial charge on any atom is 0.111 e. The monoisotopic (exact) mass is 200 g/mol. The molecule has 1 spiro atoms. The van der Waals surface area contributed by atoms with Crippen LogP contribution in [0.1, 0.15) is 31.2 Å². The van der Waals surface area contributed by atoms with Gasteiger partial charge in [0.1, 0.15) is 5.84 Å². The summed E-state index contributed by atoms with van der Waals surface area (Å²) < 4.78 is 0. The molecule has 1 aromatic carbocycles. The minimum absolute atomic E-state index is 0.0609. The Morgan fingerprint density at radius 3 is 2.60 bits per heavy atom. The van der Waals surface area contributed by atoms with Gasteiger partial charge in [-0.15, -0.1) is 0 Å². The van der Waals surface area contributed by atoms with Crippen molar-refractivity contribution in [3.63, 3.8) is 0 Å². The lowest BCUT2D eigenvalue weighted by atomic mass is 9.80. The van der Waals surface area contributed by atoms with Gasteiger partial charge in [-0.05, 0) is 24.5 Å². The van der Waals surface area contributed by atoms with Crippen molar-refractivity contribution in [3.05, 3.63) is 29.8 Å². The molecule has 0 saturated heterocycles. The van der Waals surface area contributed by atoms with Crippen LogP contribution < -0.4 is 4.90 Å². The van der Waals surface area contributed by atoms with E-state index in [1.807, 2.05) is 7.05 Å². The predicted octanol–water partition coefficient (Wildman–Crippen LogP) is 2.93. The molecule has 2 nitrogen and oxygen atoms in total. The van der Waals surface area contributed by atoms with Crippen molar-refractivity contribution >= 4 is 11.5 Å². The Morgan fingerprint density at radius 1 is 1.20 bits per heavy atom. The Labute approximate surface area is 90.4 Å². The van der Waals surface area contributed by atoms with Crippen molar-refractivity contribution in [3.8, 4) is 0 Å². The van der Waals surface area contributed by atoms with Crippen molar-refractivity contribution in [2.75, 3.05) is 11.9 Å². The van der Waals surface area contributed by atoms with E-state index in [1.54, 1.807) is 0 Å². The molecule has 0 atom stereocenters. The van der Waals surface area contributed by atoms with E-state index >= 15 is 0 Å². The van der Waals surface area contributed by atoms with E-state index < -0.39 is 0 Å². The number of anilines is 1. The lowest BCUT2D eigenvalue weighted by Gasteiger charge is -2.24. The Balaban J connectivity index is 2.22. The Hall–Kier alpha value is -1.31. The second-order valence-electron chi connectivity index (χ2n) is 4.71. The van der Waals surface area contributed by atoms with Crippen molar-refractivity contribution in [1.82, 2.24) is 0 Å². The molecule has 2 heteroatoms. The lowest BCUT2D eigenvalue weighted by molar-refractivity contribution is 0.606. The molecule has 1 saturated carbocycles. The number of fused-ring (bicyclic) bond motifs is 2. The van der Waals surface area contributed by atoms with Crippen LogP contribution in [0.15, 0.2) is 24.3 Å². The van der Waals surface area contributed by atoms with Crippen LogP contribution in [0.2, 0.25) is 0 Å². The topological polar surface area (TPSA) is 27.1 Å². The van der Waals surface area contributed by atoms with Crippen LogP contribution in [-0.2, 0) is 5.41 Å². The van der Waals surface area contributed by atoms with Gasteiger partial charge in [0.05, 0.1) is 5.41 Å². The molecule has 1 aromatic rings. The van der Waals surface area contributed by atoms with E-state index in [2.05, 4.69) is 29.2 Å². The van der Waals surface area contributed by atoms with Gasteiger partial charge in [-0.2, -0.15) is 0 Å². The average molecular weight is 200 g/mol. The number of amidine groups is 1. The van der Waals surface area contributed by atoms with Crippen LogP contribution in [0.25, 0.3) is 0 Å². The van der Waals surface area contributed by atoms with E-state index in [0.717, 1.165) is 18.7 Å². The number of benzene rings is 1. The van der Waals surface area contributed by atoms with E-state index in [0.29, 0.717) is 0 Å². The van der Waals surface area contributed by atoms with Crippen LogP contribution in [0.4, 0.5) is 5.69 Å². The molecule has 2 aliphatic rings. The maximum atomic E-state index is 8.31. The Morgan fingerprint density at radius 2 is 1.87 bits per heavy atom. The molecule has 0 unspecified atom stereocenters. The van der Waals surface area contributed by atoms with Crippen molar-refractivity contribution in [2.45, 2.75) is 31.1 Å². The predicted molar refractivity (Wildman–Crippen MR) is 62.7 cm³/mol. The van der Waals surface area contributed by atoms with Crippen molar-refractivity contribution in [2.24, 2.45) is 0 Å². The molecule has 1 fully saturated rings. The minimum atomic E-state index is 0.0609. The number of likely N-dealkylation sites (N-methyl/N-ethyl adjacent to an activating group) is 1. The third kappa shape index (κ3) is 0.969. The smallest absolute Gasteiger partial charge is 0.111 e. The summed E-state index contributed by atoms with van der Waals surface area (Å²) in [7, 11) is 2.02. The fourth-order valence-electron chi connectivity index (χ4n) is 3.22. The first-order valence-electron chi connectivity index (χ1n) is 5.68. The Bertz CT molecular complexity index is 416. The highest BCUT2D eigenvalue weighted by Crippen LogP contribution is 2.50. The Kier molecular flexibility index (Phi) is 1.70. The van der Waals surface area contributed by atoms with E-state index in [9.17, 15) is 0 Å². The largest absolute Gasteiger partial charge is 0.332 e. The summed E-state index contributed by atoms with van der Waals surface area (Å²) in [6.45, 7) is 0. The molecule has 78 valence electrons. The molecular formula is C13H16N2. The van der Waals surface area contributed by atoms with Crippen LogP contribution in [0.5, 0.6) is 0 Å². The highest BCUT2D eigenvalue weighted by atomic mass is 15.2. The summed E-state index contributed by atoms with van der Waals surface area (Å²) in [6, 6.07) is 8.51. The third-order valence-electron chi connectivity index (χ3n) is 4.03. The van der Waals surface area contributed by atoms with Gasteiger partial charge >= 0.3 is 0 Å². The van der Waals surface area contributed by atoms with Gasteiger partial charge in [0.2, 0.25) is 0 Å². The van der Waals surface area contributed by atoms with Gasteiger partial charge in [0.25, 0.3) is 0 Å². The number of hydrogen-bond donors (Lipinski definition) is 1. The zero-order valence-corrected chi connectivity index (χ0v) is 9.09. The molecule has 1 N–H and O–H groups in total. The van der Waals surface area contributed by atoms with E-state index in [-0.39, 0.29) is 5.41 Å². The fourth-order valence-corrected chi connectivity index (χ4v) is 3.22. The molecule has 0 amide bonds. The van der Waals surface area contributed by atoms with Gasteiger partial charge < -0.3 is 4.90 Å². The zero-order chi connectivity index (χ0) is 10.5. The first-order valence-corrected chi connectivity index (χ1v) is 5.68. The summed E-state index contributed by atoms with van der Waals surface area (Å²) in [5.74, 6) is 0.807. The third-order valence-corrected chi connectivity index (χ3v) is 4.03. The van der Waals surface area contributed by atoms with Gasteiger partial charge in [0, 0.05) is 12.7 Å². The molecular weight excluding hydrogens is 184 g/mol. The first kappa shape index (κ1) is 8.96. The quantitative estimate of drug-likeness (QED) is 0.685. The molecule has 1 aliphatic carbocycles. The molecule has 1 heterocycles. The average Bonchev–Trinajstić information content (AvgIpc) is 2.83. The first-order chi connectivity index (χ1) is 7.26. The number of hydrogen-bond acceptors (Lipinski definition) is 1. The van der Waals surface area contributed by atoms with E-state index in [4.69, 9.17) is 5.41 Å². The van der Waals surface area contributed by atoms with Gasteiger partial charge in [0.15, 0.2) is 0 Å². The summed E-state index contributed by atoms with van der Waals surface area (Å²) in [5, 5.41) is 8.31. The highest BCUT2D eigenvalue weighted by molar-refractivity contribution is 6.09. The van der Waals surface area contributed by atoms with Crippen LogP contribution in [0, 0.1) is 5.41 Å². The van der Waals surface area contributed by atoms with Gasteiger partial charge in [-0.3, -0.25) is 5.41 Å². The summed E-state index contributed by atoms with van der Waals surface area (Å²) in [6.07, 6.45) is 4.86. The van der Waals surface area contributed by atoms with Crippen LogP contribution >= 0.6 is 0 Å². The SMILES string of the molecule is CN1C(=N)C2(CCCC2)c2ccccc21. The lowest BCUT2D eigenvalue weighted by Crippen LogP contribution is -2.35. The number of nitrogens with zero attached hydrogens (tertiary/aromatic N) is 1. The molecule has 0 bridgehead atoms. The van der Waals surface area contributed by atoms with Crippen molar-refractivity contribution in [1.29, 1.82) is 5.41 Å². The fraction of sp³-hybridized carbons (Fsp3) is 0.462. The number of rotatable bonds is 0. The van der Waals surface area contributed by atoms with Crippen LogP contribution in [-0.4, -0.2) is 12.9 Å². The zero-order valence-electron chi connectivity index (χ0n) is 9.09. The molecule has 3 rings (SSSR count). The summed E-state index contributed by atoms with van der Waals surface area (Å²) in [4.78, 5) is 2.06. The van der Waals surface area contributed by atoms with Crippen LogP contribution in [0.3, 0.4) is 0 Å².